The monoisotopic (exact) mass is 278 g/mol. The molecule has 19 heavy (non-hydrogen) atoms. The van der Waals surface area contributed by atoms with E-state index in [0.29, 0.717) is 35.3 Å². The van der Waals surface area contributed by atoms with Gasteiger partial charge in [0.1, 0.15) is 12.1 Å². The highest BCUT2D eigenvalue weighted by Gasteiger charge is 2.41. The van der Waals surface area contributed by atoms with Crippen LogP contribution in [0.15, 0.2) is 18.7 Å². The number of carbonyl (C=O) groups is 1. The van der Waals surface area contributed by atoms with E-state index in [-0.39, 0.29) is 0 Å². The van der Waals surface area contributed by atoms with Crippen LogP contribution in [0.25, 0.3) is 0 Å². The Bertz CT molecular complexity index is 472. The second kappa shape index (κ2) is 5.41. The van der Waals surface area contributed by atoms with Gasteiger partial charge in [-0.3, -0.25) is 9.36 Å². The van der Waals surface area contributed by atoms with Gasteiger partial charge in [0.25, 0.3) is 5.17 Å². The lowest BCUT2D eigenvalue weighted by atomic mass is 9.74. The molecule has 2 saturated carbocycles. The molecule has 1 aromatic rings. The number of ether oxygens (including phenoxy) is 1. The van der Waals surface area contributed by atoms with E-state index in [0.717, 1.165) is 32.1 Å². The van der Waals surface area contributed by atoms with Gasteiger partial charge in [0.15, 0.2) is 0 Å². The van der Waals surface area contributed by atoms with Gasteiger partial charge in [0.2, 0.25) is 0 Å². The van der Waals surface area contributed by atoms with Crippen LogP contribution < -0.4 is 0 Å². The molecule has 2 aliphatic carbocycles. The Hall–Kier alpha value is -1.23. The normalized spacial score (nSPS) is 30.1. The Labute approximate surface area is 118 Å². The fourth-order valence-electron chi connectivity index (χ4n) is 3.51. The number of nitrogens with zero attached hydrogens (tertiary/aromatic N) is 2. The van der Waals surface area contributed by atoms with E-state index in [1.807, 2.05) is 0 Å². The second-order valence-corrected chi connectivity index (χ2v) is 5.86. The molecule has 0 aliphatic heterocycles. The van der Waals surface area contributed by atoms with Crippen LogP contribution in [0, 0.1) is 17.8 Å². The molecular formula is C14H18N2O2S. The van der Waals surface area contributed by atoms with Crippen molar-refractivity contribution in [3.05, 3.63) is 18.7 Å². The summed E-state index contributed by atoms with van der Waals surface area (Å²) in [5, 5.41) is 0.448. The van der Waals surface area contributed by atoms with Crippen molar-refractivity contribution >= 4 is 23.2 Å². The van der Waals surface area contributed by atoms with Crippen molar-refractivity contribution in [2.45, 2.75) is 32.1 Å². The van der Waals surface area contributed by atoms with Crippen molar-refractivity contribution in [2.75, 3.05) is 6.61 Å². The van der Waals surface area contributed by atoms with Gasteiger partial charge in [-0.2, -0.15) is 0 Å². The molecule has 0 N–H and O–H groups in total. The topological polar surface area (TPSA) is 44.1 Å². The van der Waals surface area contributed by atoms with Gasteiger partial charge < -0.3 is 4.74 Å². The number of carbonyl (C=O) groups excluding carboxylic acids is 1. The molecule has 0 amide bonds. The van der Waals surface area contributed by atoms with Gasteiger partial charge in [0.05, 0.1) is 6.61 Å². The van der Waals surface area contributed by atoms with E-state index in [9.17, 15) is 4.79 Å². The summed E-state index contributed by atoms with van der Waals surface area (Å²) in [6, 6.07) is 0. The van der Waals surface area contributed by atoms with Crippen molar-refractivity contribution in [3.63, 3.8) is 0 Å². The van der Waals surface area contributed by atoms with Crippen LogP contribution in [0.4, 0.5) is 0 Å². The van der Waals surface area contributed by atoms with Gasteiger partial charge >= 0.3 is 0 Å². The number of thiocarbonyl (C=S) groups is 1. The first-order valence-corrected chi connectivity index (χ1v) is 7.34. The van der Waals surface area contributed by atoms with Crippen molar-refractivity contribution in [1.29, 1.82) is 0 Å². The molecule has 3 rings (SSSR count). The third-order valence-corrected chi connectivity index (χ3v) is 4.81. The number of aromatic nitrogens is 2. The predicted octanol–water partition coefficient (Wildman–Crippen LogP) is 2.43. The van der Waals surface area contributed by atoms with Gasteiger partial charge in [-0.25, -0.2) is 4.98 Å². The Morgan fingerprint density at radius 2 is 2.37 bits per heavy atom. The molecule has 3 atom stereocenters. The number of ketones is 1. The fraction of sp³-hybridized carbons (Fsp3) is 0.643. The van der Waals surface area contributed by atoms with Crippen molar-refractivity contribution < 1.29 is 9.53 Å². The lowest BCUT2D eigenvalue weighted by Crippen LogP contribution is -2.31. The molecule has 0 aromatic carbocycles. The van der Waals surface area contributed by atoms with E-state index in [2.05, 4.69) is 4.98 Å². The minimum absolute atomic E-state index is 0.296. The van der Waals surface area contributed by atoms with E-state index in [1.54, 1.807) is 23.3 Å². The summed E-state index contributed by atoms with van der Waals surface area (Å²) in [5.74, 6) is 1.76. The van der Waals surface area contributed by atoms with Crippen LogP contribution in [0.2, 0.25) is 0 Å². The molecule has 2 fully saturated rings. The average molecular weight is 278 g/mol. The summed E-state index contributed by atoms with van der Waals surface area (Å²) in [5.41, 5.74) is 0. The molecular weight excluding hydrogens is 260 g/mol. The van der Waals surface area contributed by atoms with Gasteiger partial charge in [-0.15, -0.1) is 0 Å². The van der Waals surface area contributed by atoms with E-state index < -0.39 is 0 Å². The van der Waals surface area contributed by atoms with E-state index >= 15 is 0 Å². The van der Waals surface area contributed by atoms with Crippen molar-refractivity contribution in [2.24, 2.45) is 17.8 Å². The SMILES string of the molecule is O=C1CC[C@@H]2[C@@H](COC(=S)n3ccnc3)CCC[C@H]12. The van der Waals surface area contributed by atoms with Crippen LogP contribution >= 0.6 is 12.2 Å². The Morgan fingerprint density at radius 3 is 3.16 bits per heavy atom. The Morgan fingerprint density at radius 1 is 1.47 bits per heavy atom. The number of hydrogen-bond donors (Lipinski definition) is 0. The van der Waals surface area contributed by atoms with Crippen molar-refractivity contribution in [3.8, 4) is 0 Å². The molecule has 102 valence electrons. The molecule has 1 aromatic heterocycles. The molecule has 0 saturated heterocycles. The second-order valence-electron chi connectivity index (χ2n) is 5.51. The number of fused-ring (bicyclic) bond motifs is 1. The molecule has 0 bridgehead atoms. The minimum Gasteiger partial charge on any atom is -0.470 e. The maximum atomic E-state index is 11.8. The highest BCUT2D eigenvalue weighted by Crippen LogP contribution is 2.43. The van der Waals surface area contributed by atoms with Gasteiger partial charge in [-0.1, -0.05) is 6.42 Å². The van der Waals surface area contributed by atoms with Crippen LogP contribution in [0.3, 0.4) is 0 Å². The molecule has 0 spiro atoms. The largest absolute Gasteiger partial charge is 0.470 e. The standard InChI is InChI=1S/C14H18N2O2S/c17-13-5-4-11-10(2-1-3-12(11)13)8-18-14(19)16-7-6-15-9-16/h6-7,9-12H,1-5,8H2/t10-,11-,12+/m1/s1. The van der Waals surface area contributed by atoms with Gasteiger partial charge in [0, 0.05) is 24.7 Å². The number of hydrogen-bond acceptors (Lipinski definition) is 4. The number of imidazole rings is 1. The highest BCUT2D eigenvalue weighted by atomic mass is 32.1. The molecule has 0 unspecified atom stereocenters. The number of Topliss-reactive ketones (excluding diaryl/α,β-unsaturated/α-hetero) is 1. The molecule has 1 heterocycles. The molecule has 2 aliphatic rings. The average Bonchev–Trinajstić information content (AvgIpc) is 3.07. The predicted molar refractivity (Wildman–Crippen MR) is 74.7 cm³/mol. The zero-order valence-electron chi connectivity index (χ0n) is 10.8. The van der Waals surface area contributed by atoms with Crippen molar-refractivity contribution in [1.82, 2.24) is 9.55 Å². The van der Waals surface area contributed by atoms with Crippen LogP contribution in [0.5, 0.6) is 0 Å². The third-order valence-electron chi connectivity index (χ3n) is 4.49. The molecule has 0 radical (unpaired) electrons. The molecule has 4 nitrogen and oxygen atoms in total. The lowest BCUT2D eigenvalue weighted by Gasteiger charge is -2.32. The number of rotatable bonds is 2. The smallest absolute Gasteiger partial charge is 0.268 e. The summed E-state index contributed by atoms with van der Waals surface area (Å²) >= 11 is 5.22. The fourth-order valence-corrected chi connectivity index (χ4v) is 3.69. The zero-order valence-corrected chi connectivity index (χ0v) is 11.6. The van der Waals surface area contributed by atoms with Crippen LogP contribution in [-0.2, 0) is 9.53 Å². The quantitative estimate of drug-likeness (QED) is 0.779. The Balaban J connectivity index is 1.58. The summed E-state index contributed by atoms with van der Waals surface area (Å²) in [6.07, 6.45) is 10.3. The first-order valence-electron chi connectivity index (χ1n) is 6.93. The minimum atomic E-state index is 0.296. The third kappa shape index (κ3) is 2.56. The summed E-state index contributed by atoms with van der Waals surface area (Å²) < 4.78 is 7.42. The zero-order chi connectivity index (χ0) is 13.2. The summed E-state index contributed by atoms with van der Waals surface area (Å²) in [6.45, 7) is 0.630. The summed E-state index contributed by atoms with van der Waals surface area (Å²) in [7, 11) is 0. The van der Waals surface area contributed by atoms with Crippen LogP contribution in [0.1, 0.15) is 32.1 Å². The van der Waals surface area contributed by atoms with Gasteiger partial charge in [-0.05, 0) is 43.3 Å². The van der Waals surface area contributed by atoms with E-state index in [4.69, 9.17) is 17.0 Å². The maximum absolute atomic E-state index is 11.8. The van der Waals surface area contributed by atoms with Crippen LogP contribution in [-0.4, -0.2) is 27.1 Å². The first-order chi connectivity index (χ1) is 9.25. The molecule has 5 heteroatoms. The summed E-state index contributed by atoms with van der Waals surface area (Å²) in [4.78, 5) is 15.8. The highest BCUT2D eigenvalue weighted by molar-refractivity contribution is 7.80. The maximum Gasteiger partial charge on any atom is 0.268 e. The lowest BCUT2D eigenvalue weighted by molar-refractivity contribution is -0.122. The van der Waals surface area contributed by atoms with E-state index in [1.165, 1.54) is 0 Å². The first kappa shape index (κ1) is 12.8. The Kier molecular flexibility index (Phi) is 3.64.